The smallest absolute Gasteiger partial charge is 0.217 e. The van der Waals surface area contributed by atoms with Gasteiger partial charge >= 0.3 is 0 Å². The zero-order valence-electron chi connectivity index (χ0n) is 20.6. The number of carbonyl (C=O) groups excluding carboxylic acids is 1. The van der Waals surface area contributed by atoms with E-state index >= 15 is 0 Å². The van der Waals surface area contributed by atoms with E-state index in [0.29, 0.717) is 13.0 Å². The molecule has 1 aliphatic heterocycles. The van der Waals surface area contributed by atoms with E-state index in [1.807, 2.05) is 0 Å². The average molecular weight is 456 g/mol. The summed E-state index contributed by atoms with van der Waals surface area (Å²) in [6.45, 7) is 3.99. The van der Waals surface area contributed by atoms with Gasteiger partial charge in [-0.3, -0.25) is 4.79 Å². The SMILES string of the molecule is CCCCCCCC/C=C\CCCCCCCCO[C@H]1O[C@H](CO)[C@@H](O)CC1NC(C)=O. The minimum Gasteiger partial charge on any atom is -0.394 e. The molecule has 3 N–H and O–H groups in total. The maximum atomic E-state index is 11.4. The number of ether oxygens (including phenoxy) is 2. The predicted octanol–water partition coefficient (Wildman–Crippen LogP) is 5.01. The van der Waals surface area contributed by atoms with Crippen molar-refractivity contribution < 1.29 is 24.5 Å². The molecule has 0 aromatic heterocycles. The van der Waals surface area contributed by atoms with E-state index in [-0.39, 0.29) is 18.6 Å². The quantitative estimate of drug-likeness (QED) is 0.188. The van der Waals surface area contributed by atoms with E-state index in [1.165, 1.54) is 84.0 Å². The van der Waals surface area contributed by atoms with E-state index < -0.39 is 18.5 Å². The summed E-state index contributed by atoms with van der Waals surface area (Å²) in [7, 11) is 0. The van der Waals surface area contributed by atoms with Gasteiger partial charge in [0.2, 0.25) is 5.91 Å². The van der Waals surface area contributed by atoms with Crippen LogP contribution in [0.15, 0.2) is 12.2 Å². The highest BCUT2D eigenvalue weighted by atomic mass is 16.7. The summed E-state index contributed by atoms with van der Waals surface area (Å²) in [6.07, 6.45) is 20.6. The van der Waals surface area contributed by atoms with Gasteiger partial charge in [0.05, 0.1) is 18.8 Å². The number of carbonyl (C=O) groups is 1. The highest BCUT2D eigenvalue weighted by molar-refractivity contribution is 5.73. The molecule has 1 unspecified atom stereocenters. The van der Waals surface area contributed by atoms with Gasteiger partial charge in [-0.2, -0.15) is 0 Å². The summed E-state index contributed by atoms with van der Waals surface area (Å²) in [5.74, 6) is -0.181. The first-order valence-corrected chi connectivity index (χ1v) is 13.1. The van der Waals surface area contributed by atoms with Crippen LogP contribution in [0.4, 0.5) is 0 Å². The summed E-state index contributed by atoms with van der Waals surface area (Å²) in [4.78, 5) is 11.4. The van der Waals surface area contributed by atoms with Crippen molar-refractivity contribution >= 4 is 5.91 Å². The number of aliphatic hydroxyl groups is 2. The molecule has 1 amide bonds. The van der Waals surface area contributed by atoms with Crippen molar-refractivity contribution in [1.29, 1.82) is 0 Å². The van der Waals surface area contributed by atoms with Crippen LogP contribution >= 0.6 is 0 Å². The molecule has 1 fully saturated rings. The highest BCUT2D eigenvalue weighted by Crippen LogP contribution is 2.22. The van der Waals surface area contributed by atoms with Crippen LogP contribution in [0.2, 0.25) is 0 Å². The number of unbranched alkanes of at least 4 members (excludes halogenated alkanes) is 12. The fourth-order valence-electron chi connectivity index (χ4n) is 4.14. The van der Waals surface area contributed by atoms with E-state index in [1.54, 1.807) is 0 Å². The maximum Gasteiger partial charge on any atom is 0.217 e. The Labute approximate surface area is 196 Å². The third kappa shape index (κ3) is 14.2. The van der Waals surface area contributed by atoms with Crippen molar-refractivity contribution in [3.05, 3.63) is 12.2 Å². The van der Waals surface area contributed by atoms with Crippen LogP contribution in [0.25, 0.3) is 0 Å². The van der Waals surface area contributed by atoms with Crippen LogP contribution in [0.1, 0.15) is 110 Å². The highest BCUT2D eigenvalue weighted by Gasteiger charge is 2.37. The molecular weight excluding hydrogens is 406 g/mol. The lowest BCUT2D eigenvalue weighted by molar-refractivity contribution is -0.241. The Kier molecular flexibility index (Phi) is 17.7. The summed E-state index contributed by atoms with van der Waals surface area (Å²) < 4.78 is 11.5. The fourth-order valence-corrected chi connectivity index (χ4v) is 4.14. The van der Waals surface area contributed by atoms with Crippen molar-refractivity contribution in [2.75, 3.05) is 13.2 Å². The molecule has 6 nitrogen and oxygen atoms in total. The molecule has 0 bridgehead atoms. The molecule has 1 heterocycles. The largest absolute Gasteiger partial charge is 0.394 e. The molecule has 0 aromatic rings. The topological polar surface area (TPSA) is 88.0 Å². The second kappa shape index (κ2) is 19.5. The van der Waals surface area contributed by atoms with Crippen LogP contribution in [0, 0.1) is 0 Å². The van der Waals surface area contributed by atoms with Gasteiger partial charge in [-0.25, -0.2) is 0 Å². The Morgan fingerprint density at radius 2 is 1.53 bits per heavy atom. The molecule has 4 atom stereocenters. The number of amides is 1. The summed E-state index contributed by atoms with van der Waals surface area (Å²) in [5, 5.41) is 22.1. The Hall–Kier alpha value is -0.950. The molecule has 32 heavy (non-hydrogen) atoms. The van der Waals surface area contributed by atoms with Crippen molar-refractivity contribution in [3.63, 3.8) is 0 Å². The van der Waals surface area contributed by atoms with Crippen molar-refractivity contribution in [2.45, 2.75) is 135 Å². The predicted molar refractivity (Wildman–Crippen MR) is 129 cm³/mol. The summed E-state index contributed by atoms with van der Waals surface area (Å²) in [5.41, 5.74) is 0. The summed E-state index contributed by atoms with van der Waals surface area (Å²) in [6, 6.07) is -0.389. The first kappa shape index (κ1) is 29.1. The average Bonchev–Trinajstić information content (AvgIpc) is 2.76. The lowest BCUT2D eigenvalue weighted by atomic mass is 10.0. The number of hydrogen-bond donors (Lipinski definition) is 3. The van der Waals surface area contributed by atoms with Crippen LogP contribution in [0.5, 0.6) is 0 Å². The molecule has 0 radical (unpaired) electrons. The molecule has 1 rings (SSSR count). The van der Waals surface area contributed by atoms with Gasteiger partial charge in [0.1, 0.15) is 6.10 Å². The first-order chi connectivity index (χ1) is 15.6. The van der Waals surface area contributed by atoms with Crippen molar-refractivity contribution in [3.8, 4) is 0 Å². The molecule has 1 aliphatic rings. The van der Waals surface area contributed by atoms with Crippen LogP contribution in [-0.2, 0) is 14.3 Å². The molecule has 0 aromatic carbocycles. The van der Waals surface area contributed by atoms with Gasteiger partial charge in [-0.1, -0.05) is 76.9 Å². The molecular formula is C26H49NO5. The minimum atomic E-state index is -0.804. The minimum absolute atomic E-state index is 0.181. The molecule has 0 saturated carbocycles. The van der Waals surface area contributed by atoms with E-state index in [4.69, 9.17) is 9.47 Å². The number of aliphatic hydroxyl groups excluding tert-OH is 2. The lowest BCUT2D eigenvalue weighted by Crippen LogP contribution is -2.56. The Morgan fingerprint density at radius 1 is 0.969 bits per heavy atom. The molecule has 0 aliphatic carbocycles. The van der Waals surface area contributed by atoms with Gasteiger partial charge in [0, 0.05) is 20.0 Å². The number of rotatable bonds is 19. The molecule has 6 heteroatoms. The monoisotopic (exact) mass is 455 g/mol. The van der Waals surface area contributed by atoms with Gasteiger partial charge in [-0.05, 0) is 32.1 Å². The van der Waals surface area contributed by atoms with Gasteiger partial charge in [0.15, 0.2) is 6.29 Å². The third-order valence-electron chi connectivity index (χ3n) is 6.07. The van der Waals surface area contributed by atoms with Gasteiger partial charge in [0.25, 0.3) is 0 Å². The molecule has 0 spiro atoms. The van der Waals surface area contributed by atoms with Gasteiger partial charge in [-0.15, -0.1) is 0 Å². The maximum absolute atomic E-state index is 11.4. The van der Waals surface area contributed by atoms with Crippen LogP contribution in [0.3, 0.4) is 0 Å². The zero-order chi connectivity index (χ0) is 23.4. The van der Waals surface area contributed by atoms with Crippen molar-refractivity contribution in [2.24, 2.45) is 0 Å². The van der Waals surface area contributed by atoms with E-state index in [9.17, 15) is 15.0 Å². The Bertz CT molecular complexity index is 485. The second-order valence-corrected chi connectivity index (χ2v) is 9.14. The molecule has 188 valence electrons. The van der Waals surface area contributed by atoms with Gasteiger partial charge < -0.3 is 25.0 Å². The van der Waals surface area contributed by atoms with Crippen LogP contribution in [-0.4, -0.2) is 53.9 Å². The van der Waals surface area contributed by atoms with Crippen LogP contribution < -0.4 is 5.32 Å². The molecule has 1 saturated heterocycles. The van der Waals surface area contributed by atoms with E-state index in [0.717, 1.165) is 12.8 Å². The standard InChI is InChI=1S/C26H49NO5/c1-3-4-5-6-7-8-9-10-11-12-13-14-15-16-17-18-19-31-26-23(27-22(2)29)20-24(30)25(21-28)32-26/h10-11,23-26,28,30H,3-9,12-21H2,1-2H3,(H,27,29)/b11-10-/t23?,24-,25+,26-/m0/s1. The number of allylic oxidation sites excluding steroid dienone is 2. The fraction of sp³-hybridized carbons (Fsp3) is 0.885. The number of hydrogen-bond acceptors (Lipinski definition) is 5. The first-order valence-electron chi connectivity index (χ1n) is 13.1. The Balaban J connectivity index is 1.99. The summed E-state index contributed by atoms with van der Waals surface area (Å²) >= 11 is 0. The van der Waals surface area contributed by atoms with Crippen molar-refractivity contribution in [1.82, 2.24) is 5.32 Å². The number of nitrogens with one attached hydrogen (secondary N) is 1. The normalized spacial score (nSPS) is 23.6. The Morgan fingerprint density at radius 3 is 2.09 bits per heavy atom. The lowest BCUT2D eigenvalue weighted by Gasteiger charge is -2.38. The zero-order valence-corrected chi connectivity index (χ0v) is 20.6. The third-order valence-corrected chi connectivity index (χ3v) is 6.07. The second-order valence-electron chi connectivity index (χ2n) is 9.14. The van der Waals surface area contributed by atoms with E-state index in [2.05, 4.69) is 24.4 Å².